The van der Waals surface area contributed by atoms with Crippen LogP contribution in [0.25, 0.3) is 0 Å². The number of hydrogen-bond acceptors (Lipinski definition) is 7. The second kappa shape index (κ2) is 6.80. The van der Waals surface area contributed by atoms with Crippen LogP contribution in [-0.4, -0.2) is 43.4 Å². The molecule has 0 spiro atoms. The van der Waals surface area contributed by atoms with Crippen LogP contribution in [0, 0.1) is 12.8 Å². The lowest BCUT2D eigenvalue weighted by Crippen LogP contribution is -2.42. The zero-order chi connectivity index (χ0) is 19.0. The zero-order valence-electron chi connectivity index (χ0n) is 14.8. The highest BCUT2D eigenvalue weighted by molar-refractivity contribution is 7.90. The first-order chi connectivity index (χ1) is 12.9. The Hall–Kier alpha value is -2.68. The number of nitrogens with zero attached hydrogens (tertiary/aromatic N) is 3. The van der Waals surface area contributed by atoms with Crippen molar-refractivity contribution >= 4 is 21.8 Å². The predicted molar refractivity (Wildman–Crippen MR) is 95.5 cm³/mol. The number of carbonyl (C=O) groups is 1. The average molecular weight is 389 g/mol. The van der Waals surface area contributed by atoms with E-state index in [1.165, 1.54) is 0 Å². The van der Waals surface area contributed by atoms with Crippen LogP contribution >= 0.6 is 0 Å². The van der Waals surface area contributed by atoms with Gasteiger partial charge in [0.15, 0.2) is 5.84 Å². The van der Waals surface area contributed by atoms with Crippen LogP contribution in [0.5, 0.6) is 0 Å². The van der Waals surface area contributed by atoms with E-state index in [0.717, 1.165) is 6.42 Å². The molecule has 1 fully saturated rings. The molecule has 9 heteroatoms. The van der Waals surface area contributed by atoms with Crippen LogP contribution in [0.2, 0.25) is 0 Å². The van der Waals surface area contributed by atoms with Gasteiger partial charge in [0.25, 0.3) is 10.0 Å². The fourth-order valence-electron chi connectivity index (χ4n) is 3.43. The first-order valence-electron chi connectivity index (χ1n) is 8.72. The van der Waals surface area contributed by atoms with Gasteiger partial charge in [-0.2, -0.15) is 8.42 Å². The van der Waals surface area contributed by atoms with E-state index in [-0.39, 0.29) is 23.4 Å². The summed E-state index contributed by atoms with van der Waals surface area (Å²) < 4.78 is 38.8. The lowest BCUT2D eigenvalue weighted by molar-refractivity contribution is -0.151. The van der Waals surface area contributed by atoms with Gasteiger partial charge in [0.1, 0.15) is 23.0 Å². The van der Waals surface area contributed by atoms with E-state index >= 15 is 0 Å². The minimum atomic E-state index is -3.67. The Labute approximate surface area is 156 Å². The molecule has 8 nitrogen and oxygen atoms in total. The van der Waals surface area contributed by atoms with Gasteiger partial charge in [0, 0.05) is 24.7 Å². The van der Waals surface area contributed by atoms with Gasteiger partial charge in [-0.15, -0.1) is 4.40 Å². The summed E-state index contributed by atoms with van der Waals surface area (Å²) in [6.45, 7) is 2.85. The molecule has 0 saturated carbocycles. The number of esters is 1. The third kappa shape index (κ3) is 3.46. The molecule has 0 bridgehead atoms. The van der Waals surface area contributed by atoms with Crippen molar-refractivity contribution < 1.29 is 22.5 Å². The van der Waals surface area contributed by atoms with Gasteiger partial charge >= 0.3 is 5.97 Å². The summed E-state index contributed by atoms with van der Waals surface area (Å²) in [6.07, 6.45) is 1.44. The zero-order valence-corrected chi connectivity index (χ0v) is 15.6. The normalized spacial score (nSPS) is 20.9. The number of aryl methyl sites for hydroxylation is 1. The molecule has 1 aromatic carbocycles. The Bertz CT molecular complexity index is 1010. The number of carbonyl (C=O) groups excluding carboxylic acids is 1. The maximum Gasteiger partial charge on any atom is 0.311 e. The Morgan fingerprint density at radius 3 is 2.96 bits per heavy atom. The Morgan fingerprint density at radius 2 is 2.19 bits per heavy atom. The van der Waals surface area contributed by atoms with Crippen molar-refractivity contribution in [2.24, 2.45) is 10.3 Å². The number of piperidine rings is 1. The monoisotopic (exact) mass is 389 g/mol. The Balaban J connectivity index is 1.46. The van der Waals surface area contributed by atoms with E-state index in [1.54, 1.807) is 37.3 Å². The molecule has 1 saturated heterocycles. The number of aromatic nitrogens is 1. The summed E-state index contributed by atoms with van der Waals surface area (Å²) >= 11 is 0. The second-order valence-electron chi connectivity index (χ2n) is 6.71. The molecule has 0 N–H and O–H groups in total. The van der Waals surface area contributed by atoms with Gasteiger partial charge in [-0.3, -0.25) is 4.79 Å². The van der Waals surface area contributed by atoms with Crippen LogP contribution in [0.4, 0.5) is 0 Å². The highest BCUT2D eigenvalue weighted by Gasteiger charge is 2.35. The third-order valence-electron chi connectivity index (χ3n) is 4.71. The number of ether oxygens (including phenoxy) is 1. The van der Waals surface area contributed by atoms with Crippen LogP contribution in [0.1, 0.15) is 29.9 Å². The molecule has 0 aliphatic carbocycles. The van der Waals surface area contributed by atoms with Crippen LogP contribution in [-0.2, 0) is 26.2 Å². The van der Waals surface area contributed by atoms with E-state index in [1.807, 2.05) is 4.90 Å². The van der Waals surface area contributed by atoms with Crippen molar-refractivity contribution in [2.75, 3.05) is 13.1 Å². The number of amidine groups is 1. The molecule has 142 valence electrons. The SMILES string of the molecule is Cc1cc(COC(=O)C2CCCN(C3=NS(=O)(=O)c4ccccc43)C2)no1. The van der Waals surface area contributed by atoms with Crippen LogP contribution < -0.4 is 0 Å². The van der Waals surface area contributed by atoms with Gasteiger partial charge in [0.05, 0.1) is 5.92 Å². The molecule has 2 aliphatic rings. The second-order valence-corrected chi connectivity index (χ2v) is 8.28. The minimum absolute atomic E-state index is 0.0603. The summed E-state index contributed by atoms with van der Waals surface area (Å²) in [5, 5.41) is 3.80. The molecule has 0 radical (unpaired) electrons. The first-order valence-corrected chi connectivity index (χ1v) is 10.2. The molecule has 4 rings (SSSR count). The van der Waals surface area contributed by atoms with E-state index < -0.39 is 10.0 Å². The molecule has 1 atom stereocenters. The maximum atomic E-state index is 12.4. The molecule has 1 aromatic heterocycles. The van der Waals surface area contributed by atoms with Crippen molar-refractivity contribution in [1.82, 2.24) is 10.1 Å². The highest BCUT2D eigenvalue weighted by Crippen LogP contribution is 2.30. The summed E-state index contributed by atoms with van der Waals surface area (Å²) in [5.41, 5.74) is 1.15. The first kappa shape index (κ1) is 17.7. The third-order valence-corrected chi connectivity index (χ3v) is 6.03. The summed E-state index contributed by atoms with van der Waals surface area (Å²) in [7, 11) is -3.67. The minimum Gasteiger partial charge on any atom is -0.459 e. The standard InChI is InChI=1S/C18H19N3O5S/c1-12-9-14(19-26-12)11-25-18(22)13-5-4-8-21(10-13)17-15-6-2-3-7-16(15)27(23,24)20-17/h2-3,6-7,9,13H,4-5,8,10-11H2,1H3. The van der Waals surface area contributed by atoms with Gasteiger partial charge in [-0.25, -0.2) is 0 Å². The largest absolute Gasteiger partial charge is 0.459 e. The summed E-state index contributed by atoms with van der Waals surface area (Å²) in [6, 6.07) is 8.47. The van der Waals surface area contributed by atoms with Crippen molar-refractivity contribution in [1.29, 1.82) is 0 Å². The number of likely N-dealkylation sites (tertiary alicyclic amines) is 1. The Kier molecular flexibility index (Phi) is 4.47. The molecule has 1 unspecified atom stereocenters. The Morgan fingerprint density at radius 1 is 1.37 bits per heavy atom. The quantitative estimate of drug-likeness (QED) is 0.739. The van der Waals surface area contributed by atoms with Crippen LogP contribution in [0.15, 0.2) is 44.1 Å². The van der Waals surface area contributed by atoms with Gasteiger partial charge in [-0.1, -0.05) is 17.3 Å². The van der Waals surface area contributed by atoms with Gasteiger partial charge < -0.3 is 14.2 Å². The predicted octanol–water partition coefficient (Wildman–Crippen LogP) is 1.89. The number of rotatable bonds is 3. The smallest absolute Gasteiger partial charge is 0.311 e. The lowest BCUT2D eigenvalue weighted by atomic mass is 9.97. The maximum absolute atomic E-state index is 12.4. The molecular weight excluding hydrogens is 370 g/mol. The fraction of sp³-hybridized carbons (Fsp3) is 0.389. The molecule has 0 amide bonds. The summed E-state index contributed by atoms with van der Waals surface area (Å²) in [5.74, 6) is 0.402. The van der Waals surface area contributed by atoms with E-state index in [2.05, 4.69) is 9.55 Å². The number of sulfonamides is 1. The van der Waals surface area contributed by atoms with Crippen molar-refractivity contribution in [3.05, 3.63) is 47.3 Å². The molecular formula is C18H19N3O5S. The topological polar surface area (TPSA) is 102 Å². The average Bonchev–Trinajstić information content (AvgIpc) is 3.21. The lowest BCUT2D eigenvalue weighted by Gasteiger charge is -2.32. The molecule has 27 heavy (non-hydrogen) atoms. The highest BCUT2D eigenvalue weighted by atomic mass is 32.2. The molecule has 2 aromatic rings. The van der Waals surface area contributed by atoms with Gasteiger partial charge in [-0.05, 0) is 31.9 Å². The number of hydrogen-bond donors (Lipinski definition) is 0. The fourth-order valence-corrected chi connectivity index (χ4v) is 4.65. The molecule has 3 heterocycles. The summed E-state index contributed by atoms with van der Waals surface area (Å²) in [4.78, 5) is 14.5. The van der Waals surface area contributed by atoms with Crippen molar-refractivity contribution in [3.63, 3.8) is 0 Å². The number of benzene rings is 1. The van der Waals surface area contributed by atoms with E-state index in [4.69, 9.17) is 9.26 Å². The van der Waals surface area contributed by atoms with Gasteiger partial charge in [0.2, 0.25) is 0 Å². The van der Waals surface area contributed by atoms with Crippen molar-refractivity contribution in [3.8, 4) is 0 Å². The molecule has 2 aliphatic heterocycles. The van der Waals surface area contributed by atoms with E-state index in [0.29, 0.717) is 42.4 Å². The number of fused-ring (bicyclic) bond motifs is 1. The van der Waals surface area contributed by atoms with Crippen molar-refractivity contribution in [2.45, 2.75) is 31.3 Å². The van der Waals surface area contributed by atoms with E-state index in [9.17, 15) is 13.2 Å². The van der Waals surface area contributed by atoms with Crippen LogP contribution in [0.3, 0.4) is 0 Å².